The van der Waals surface area contributed by atoms with Crippen molar-refractivity contribution in [3.63, 3.8) is 0 Å². The smallest absolute Gasteiger partial charge is 0.265 e. The molecule has 3 rings (SSSR count). The first-order valence-corrected chi connectivity index (χ1v) is 8.83. The average Bonchev–Trinajstić information content (AvgIpc) is 2.58. The van der Waals surface area contributed by atoms with Crippen molar-refractivity contribution in [2.75, 3.05) is 5.32 Å². The molecule has 1 atom stereocenters. The van der Waals surface area contributed by atoms with Gasteiger partial charge in [0.1, 0.15) is 5.75 Å². The Hall–Kier alpha value is -1.71. The van der Waals surface area contributed by atoms with E-state index in [0.717, 1.165) is 18.6 Å². The molecule has 1 amide bonds. The van der Waals surface area contributed by atoms with Gasteiger partial charge in [-0.25, -0.2) is 0 Å². The minimum atomic E-state index is -0.637. The summed E-state index contributed by atoms with van der Waals surface area (Å²) >= 11 is 12.1. The van der Waals surface area contributed by atoms with Gasteiger partial charge in [0.2, 0.25) is 0 Å². The lowest BCUT2D eigenvalue weighted by Gasteiger charge is -2.19. The lowest BCUT2D eigenvalue weighted by Crippen LogP contribution is -2.30. The Morgan fingerprint density at radius 1 is 1.12 bits per heavy atom. The van der Waals surface area contributed by atoms with Crippen molar-refractivity contribution in [2.45, 2.75) is 38.7 Å². The molecule has 1 aliphatic rings. The number of carbonyl (C=O) groups is 1. The third-order valence-corrected chi connectivity index (χ3v) is 5.03. The number of rotatable bonds is 4. The fourth-order valence-corrected chi connectivity index (χ4v) is 3.22. The van der Waals surface area contributed by atoms with Crippen molar-refractivity contribution in [1.82, 2.24) is 0 Å². The van der Waals surface area contributed by atoms with Crippen LogP contribution >= 0.6 is 23.2 Å². The van der Waals surface area contributed by atoms with Gasteiger partial charge >= 0.3 is 0 Å². The molecular weight excluding hydrogens is 345 g/mol. The van der Waals surface area contributed by atoms with Crippen molar-refractivity contribution in [3.05, 3.63) is 57.6 Å². The van der Waals surface area contributed by atoms with Crippen LogP contribution in [0.2, 0.25) is 10.0 Å². The Kier molecular flexibility index (Phi) is 5.32. The molecule has 5 heteroatoms. The minimum absolute atomic E-state index is 0.267. The lowest BCUT2D eigenvalue weighted by atomic mass is 9.92. The average molecular weight is 364 g/mol. The predicted octanol–water partition coefficient (Wildman–Crippen LogP) is 5.28. The highest BCUT2D eigenvalue weighted by Gasteiger charge is 2.18. The van der Waals surface area contributed by atoms with E-state index < -0.39 is 6.10 Å². The van der Waals surface area contributed by atoms with Gasteiger partial charge in [-0.15, -0.1) is 0 Å². The summed E-state index contributed by atoms with van der Waals surface area (Å²) in [6, 6.07) is 11.2. The number of hydrogen-bond donors (Lipinski definition) is 1. The zero-order valence-electron chi connectivity index (χ0n) is 13.4. The monoisotopic (exact) mass is 363 g/mol. The molecule has 0 unspecified atom stereocenters. The number of halogens is 2. The first-order chi connectivity index (χ1) is 11.5. The number of aryl methyl sites for hydroxylation is 2. The molecule has 0 saturated carbocycles. The summed E-state index contributed by atoms with van der Waals surface area (Å²) in [5.74, 6) is 0.451. The Morgan fingerprint density at radius 2 is 1.88 bits per heavy atom. The molecule has 0 aliphatic heterocycles. The van der Waals surface area contributed by atoms with Gasteiger partial charge in [-0.1, -0.05) is 35.3 Å². The largest absolute Gasteiger partial charge is 0.481 e. The van der Waals surface area contributed by atoms with Crippen LogP contribution in [0.15, 0.2) is 36.4 Å². The summed E-state index contributed by atoms with van der Waals surface area (Å²) in [5, 5.41) is 3.48. The molecule has 1 N–H and O–H groups in total. The maximum absolute atomic E-state index is 12.3. The van der Waals surface area contributed by atoms with E-state index in [1.54, 1.807) is 25.1 Å². The van der Waals surface area contributed by atoms with E-state index in [-0.39, 0.29) is 5.91 Å². The second kappa shape index (κ2) is 7.45. The van der Waals surface area contributed by atoms with Crippen LogP contribution in [0.1, 0.15) is 30.9 Å². The summed E-state index contributed by atoms with van der Waals surface area (Å²) in [4.78, 5) is 12.3. The summed E-state index contributed by atoms with van der Waals surface area (Å²) in [5.41, 5.74) is 3.19. The van der Waals surface area contributed by atoms with Gasteiger partial charge in [-0.2, -0.15) is 0 Å². The molecule has 0 aromatic heterocycles. The molecule has 1 aliphatic carbocycles. The van der Waals surface area contributed by atoms with Crippen LogP contribution < -0.4 is 10.1 Å². The van der Waals surface area contributed by atoms with Crippen LogP contribution in [0.5, 0.6) is 5.75 Å². The first kappa shape index (κ1) is 17.1. The Labute approximate surface area is 151 Å². The molecule has 0 fully saturated rings. The molecular formula is C19H19Cl2NO2. The van der Waals surface area contributed by atoms with Crippen LogP contribution in [-0.4, -0.2) is 12.0 Å². The third-order valence-electron chi connectivity index (χ3n) is 4.21. The molecule has 0 radical (unpaired) electrons. The maximum Gasteiger partial charge on any atom is 0.265 e. The Morgan fingerprint density at radius 3 is 2.67 bits per heavy atom. The van der Waals surface area contributed by atoms with E-state index in [2.05, 4.69) is 11.4 Å². The van der Waals surface area contributed by atoms with Crippen molar-refractivity contribution in [2.24, 2.45) is 0 Å². The van der Waals surface area contributed by atoms with E-state index in [4.69, 9.17) is 27.9 Å². The van der Waals surface area contributed by atoms with Crippen molar-refractivity contribution < 1.29 is 9.53 Å². The van der Waals surface area contributed by atoms with Gasteiger partial charge in [0, 0.05) is 0 Å². The second-order valence-electron chi connectivity index (χ2n) is 5.99. The molecule has 2 aromatic carbocycles. The van der Waals surface area contributed by atoms with Crippen LogP contribution in [0.4, 0.5) is 5.69 Å². The second-order valence-corrected chi connectivity index (χ2v) is 6.77. The molecule has 0 spiro atoms. The normalized spacial score (nSPS) is 14.6. The molecule has 0 saturated heterocycles. The lowest BCUT2D eigenvalue weighted by molar-refractivity contribution is -0.122. The number of nitrogens with one attached hydrogen (secondary N) is 1. The van der Waals surface area contributed by atoms with E-state index in [9.17, 15) is 4.79 Å². The highest BCUT2D eigenvalue weighted by atomic mass is 35.5. The highest BCUT2D eigenvalue weighted by molar-refractivity contribution is 6.44. The summed E-state index contributed by atoms with van der Waals surface area (Å²) in [6.45, 7) is 1.72. The van der Waals surface area contributed by atoms with Crippen molar-refractivity contribution in [3.8, 4) is 5.75 Å². The molecule has 24 heavy (non-hydrogen) atoms. The predicted molar refractivity (Wildman–Crippen MR) is 98.3 cm³/mol. The van der Waals surface area contributed by atoms with Crippen molar-refractivity contribution in [1.29, 1.82) is 0 Å². The molecule has 0 bridgehead atoms. The van der Waals surface area contributed by atoms with Gasteiger partial charge in [0.25, 0.3) is 5.91 Å². The van der Waals surface area contributed by atoms with Crippen LogP contribution in [0, 0.1) is 0 Å². The van der Waals surface area contributed by atoms with Gasteiger partial charge in [-0.3, -0.25) is 4.79 Å². The number of benzene rings is 2. The number of amides is 1. The van der Waals surface area contributed by atoms with E-state index in [1.807, 2.05) is 12.1 Å². The fraction of sp³-hybridized carbons (Fsp3) is 0.316. The number of ether oxygens (including phenoxy) is 1. The van der Waals surface area contributed by atoms with Gasteiger partial charge in [-0.05, 0) is 68.0 Å². The standard InChI is InChI=1S/C19H19Cl2NO2/c1-12(19(23)22-17-8-4-7-16(20)18(17)21)24-15-10-9-13-5-2-3-6-14(13)11-15/h4,7-12H,2-3,5-6H2,1H3,(H,22,23)/t12-/m0/s1. The third kappa shape index (κ3) is 3.85. The first-order valence-electron chi connectivity index (χ1n) is 8.08. The number of fused-ring (bicyclic) bond motifs is 1. The fourth-order valence-electron chi connectivity index (χ4n) is 2.88. The summed E-state index contributed by atoms with van der Waals surface area (Å²) in [6.07, 6.45) is 4.01. The minimum Gasteiger partial charge on any atom is -0.481 e. The van der Waals surface area contributed by atoms with Crippen molar-refractivity contribution >= 4 is 34.8 Å². The van der Waals surface area contributed by atoms with Crippen LogP contribution in [0.25, 0.3) is 0 Å². The van der Waals surface area contributed by atoms with Crippen LogP contribution in [0.3, 0.4) is 0 Å². The van der Waals surface area contributed by atoms with E-state index in [1.165, 1.54) is 24.0 Å². The number of hydrogen-bond acceptors (Lipinski definition) is 2. The number of anilines is 1. The molecule has 2 aromatic rings. The van der Waals surface area contributed by atoms with E-state index >= 15 is 0 Å². The van der Waals surface area contributed by atoms with E-state index in [0.29, 0.717) is 15.7 Å². The van der Waals surface area contributed by atoms with Gasteiger partial charge in [0.05, 0.1) is 15.7 Å². The van der Waals surface area contributed by atoms with Gasteiger partial charge < -0.3 is 10.1 Å². The quantitative estimate of drug-likeness (QED) is 0.802. The SMILES string of the molecule is C[C@H](Oc1ccc2c(c1)CCCC2)C(=O)Nc1cccc(Cl)c1Cl. The zero-order chi connectivity index (χ0) is 17.1. The Balaban J connectivity index is 1.67. The molecule has 0 heterocycles. The van der Waals surface area contributed by atoms with Gasteiger partial charge in [0.15, 0.2) is 6.10 Å². The van der Waals surface area contributed by atoms with Crippen LogP contribution in [-0.2, 0) is 17.6 Å². The Bertz CT molecular complexity index is 761. The highest BCUT2D eigenvalue weighted by Crippen LogP contribution is 2.30. The zero-order valence-corrected chi connectivity index (χ0v) is 15.0. The maximum atomic E-state index is 12.3. The molecule has 126 valence electrons. The molecule has 3 nitrogen and oxygen atoms in total. The number of carbonyl (C=O) groups excluding carboxylic acids is 1. The summed E-state index contributed by atoms with van der Waals surface area (Å²) < 4.78 is 5.80. The topological polar surface area (TPSA) is 38.3 Å². The summed E-state index contributed by atoms with van der Waals surface area (Å²) in [7, 11) is 0.